The smallest absolute Gasteiger partial charge is 0.287 e. The van der Waals surface area contributed by atoms with E-state index in [0.29, 0.717) is 18.0 Å². The minimum absolute atomic E-state index is 0.229. The van der Waals surface area contributed by atoms with Gasteiger partial charge >= 0.3 is 0 Å². The second kappa shape index (κ2) is 8.25. The van der Waals surface area contributed by atoms with Gasteiger partial charge in [-0.1, -0.05) is 36.4 Å². The van der Waals surface area contributed by atoms with Gasteiger partial charge in [-0.25, -0.2) is 0 Å². The van der Waals surface area contributed by atoms with Gasteiger partial charge in [-0.15, -0.1) is 0 Å². The number of furan rings is 1. The molecule has 0 spiro atoms. The van der Waals surface area contributed by atoms with Crippen molar-refractivity contribution in [3.8, 4) is 22.6 Å². The molecule has 1 amide bonds. The van der Waals surface area contributed by atoms with Crippen LogP contribution in [0, 0.1) is 0 Å². The summed E-state index contributed by atoms with van der Waals surface area (Å²) in [5.41, 5.74) is 2.87. The van der Waals surface area contributed by atoms with Crippen molar-refractivity contribution in [2.24, 2.45) is 0 Å². The Morgan fingerprint density at radius 2 is 1.73 bits per heavy atom. The van der Waals surface area contributed by atoms with Crippen LogP contribution in [0.5, 0.6) is 11.5 Å². The third-order valence-electron chi connectivity index (χ3n) is 4.08. The third-order valence-corrected chi connectivity index (χ3v) is 4.08. The van der Waals surface area contributed by atoms with Crippen LogP contribution in [0.15, 0.2) is 65.3 Å². The maximum Gasteiger partial charge on any atom is 0.287 e. The number of rotatable bonds is 7. The molecule has 0 aliphatic carbocycles. The number of benzene rings is 2. The number of nitrogens with one attached hydrogen (secondary N) is 1. The largest absolute Gasteiger partial charge is 0.493 e. The Bertz CT molecular complexity index is 871. The first-order chi connectivity index (χ1) is 12.7. The number of hydrogen-bond donors (Lipinski definition) is 1. The Balaban J connectivity index is 1.64. The number of ether oxygens (including phenoxy) is 2. The molecule has 134 valence electrons. The lowest BCUT2D eigenvalue weighted by atomic mass is 10.1. The van der Waals surface area contributed by atoms with E-state index in [2.05, 4.69) is 5.32 Å². The Kier molecular flexibility index (Phi) is 5.59. The summed E-state index contributed by atoms with van der Waals surface area (Å²) in [6, 6.07) is 17.3. The van der Waals surface area contributed by atoms with Crippen LogP contribution in [0.1, 0.15) is 16.1 Å². The van der Waals surface area contributed by atoms with Crippen LogP contribution in [0.2, 0.25) is 0 Å². The molecule has 1 heterocycles. The molecule has 2 aromatic carbocycles. The lowest BCUT2D eigenvalue weighted by Crippen LogP contribution is -2.25. The predicted molar refractivity (Wildman–Crippen MR) is 99.7 cm³/mol. The highest BCUT2D eigenvalue weighted by Crippen LogP contribution is 2.32. The van der Waals surface area contributed by atoms with Crippen LogP contribution in [0.3, 0.4) is 0 Å². The van der Waals surface area contributed by atoms with Crippen LogP contribution >= 0.6 is 0 Å². The number of carbonyl (C=O) groups is 1. The van der Waals surface area contributed by atoms with Crippen molar-refractivity contribution in [2.45, 2.75) is 6.42 Å². The molecule has 0 bridgehead atoms. The Hall–Kier alpha value is -3.21. The van der Waals surface area contributed by atoms with E-state index >= 15 is 0 Å². The third kappa shape index (κ3) is 4.06. The van der Waals surface area contributed by atoms with Gasteiger partial charge in [0.15, 0.2) is 17.3 Å². The lowest BCUT2D eigenvalue weighted by Gasteiger charge is -2.08. The van der Waals surface area contributed by atoms with Crippen LogP contribution in [-0.2, 0) is 6.42 Å². The molecule has 0 saturated carbocycles. The second-order valence-electron chi connectivity index (χ2n) is 5.76. The fourth-order valence-corrected chi connectivity index (χ4v) is 2.67. The van der Waals surface area contributed by atoms with E-state index in [0.717, 1.165) is 17.5 Å². The molecule has 5 heteroatoms. The van der Waals surface area contributed by atoms with Gasteiger partial charge in [-0.05, 0) is 35.7 Å². The summed E-state index contributed by atoms with van der Waals surface area (Å²) in [5, 5.41) is 2.88. The average Bonchev–Trinajstić information content (AvgIpc) is 3.18. The molecule has 1 aromatic heterocycles. The molecular formula is C21H21NO4. The van der Waals surface area contributed by atoms with Gasteiger partial charge in [0.05, 0.1) is 20.5 Å². The number of amides is 1. The zero-order valence-electron chi connectivity index (χ0n) is 14.8. The maximum absolute atomic E-state index is 12.3. The standard InChI is InChI=1S/C21H21NO4/c1-24-18-9-8-16(12-19(18)25-2)17-13-20(26-14-17)21(23)22-11-10-15-6-4-3-5-7-15/h3-9,12-14H,10-11H2,1-2H3,(H,22,23). The minimum Gasteiger partial charge on any atom is -0.493 e. The van der Waals surface area contributed by atoms with Crippen molar-refractivity contribution >= 4 is 5.91 Å². The fourth-order valence-electron chi connectivity index (χ4n) is 2.67. The van der Waals surface area contributed by atoms with Crippen LogP contribution in [-0.4, -0.2) is 26.7 Å². The van der Waals surface area contributed by atoms with E-state index in [4.69, 9.17) is 13.9 Å². The predicted octanol–water partition coefficient (Wildman–Crippen LogP) is 3.94. The summed E-state index contributed by atoms with van der Waals surface area (Å²) in [5.74, 6) is 1.33. The summed E-state index contributed by atoms with van der Waals surface area (Å²) < 4.78 is 16.0. The highest BCUT2D eigenvalue weighted by molar-refractivity contribution is 5.92. The van der Waals surface area contributed by atoms with Gasteiger partial charge < -0.3 is 19.2 Å². The van der Waals surface area contributed by atoms with Crippen LogP contribution < -0.4 is 14.8 Å². The molecule has 5 nitrogen and oxygen atoms in total. The quantitative estimate of drug-likeness (QED) is 0.700. The summed E-state index contributed by atoms with van der Waals surface area (Å²) in [7, 11) is 3.18. The van der Waals surface area contributed by atoms with Gasteiger partial charge in [0, 0.05) is 12.1 Å². The molecule has 0 unspecified atom stereocenters. The Morgan fingerprint density at radius 1 is 0.962 bits per heavy atom. The lowest BCUT2D eigenvalue weighted by molar-refractivity contribution is 0.0926. The molecule has 0 aliphatic rings. The van der Waals surface area contributed by atoms with Crippen LogP contribution in [0.4, 0.5) is 0 Å². The molecule has 3 rings (SSSR count). The molecule has 0 saturated heterocycles. The Labute approximate surface area is 152 Å². The number of hydrogen-bond acceptors (Lipinski definition) is 4. The van der Waals surface area contributed by atoms with Gasteiger partial charge in [-0.2, -0.15) is 0 Å². The first-order valence-electron chi connectivity index (χ1n) is 8.34. The first-order valence-corrected chi connectivity index (χ1v) is 8.34. The first kappa shape index (κ1) is 17.6. The molecule has 3 aromatic rings. The SMILES string of the molecule is COc1ccc(-c2coc(C(=O)NCCc3ccccc3)c2)cc1OC. The van der Waals surface area contributed by atoms with Crippen molar-refractivity contribution in [1.82, 2.24) is 5.32 Å². The van der Waals surface area contributed by atoms with E-state index in [-0.39, 0.29) is 11.7 Å². The van der Waals surface area contributed by atoms with Crippen molar-refractivity contribution < 1.29 is 18.7 Å². The minimum atomic E-state index is -0.229. The molecule has 0 atom stereocenters. The highest BCUT2D eigenvalue weighted by atomic mass is 16.5. The summed E-state index contributed by atoms with van der Waals surface area (Å²) >= 11 is 0. The number of carbonyl (C=O) groups excluding carboxylic acids is 1. The zero-order chi connectivity index (χ0) is 18.4. The summed E-state index contributed by atoms with van der Waals surface area (Å²) in [4.78, 5) is 12.3. The molecule has 0 radical (unpaired) electrons. The van der Waals surface area contributed by atoms with Gasteiger partial charge in [0.25, 0.3) is 5.91 Å². The molecular weight excluding hydrogens is 330 g/mol. The van der Waals surface area contributed by atoms with E-state index in [1.54, 1.807) is 26.5 Å². The van der Waals surface area contributed by atoms with Gasteiger partial charge in [0.1, 0.15) is 0 Å². The average molecular weight is 351 g/mol. The fraction of sp³-hybridized carbons (Fsp3) is 0.190. The molecule has 26 heavy (non-hydrogen) atoms. The molecule has 0 aliphatic heterocycles. The Morgan fingerprint density at radius 3 is 2.46 bits per heavy atom. The summed E-state index contributed by atoms with van der Waals surface area (Å²) in [6.45, 7) is 0.551. The normalized spacial score (nSPS) is 10.4. The van der Waals surface area contributed by atoms with Crippen molar-refractivity contribution in [3.05, 3.63) is 72.2 Å². The highest BCUT2D eigenvalue weighted by Gasteiger charge is 2.13. The van der Waals surface area contributed by atoms with Crippen molar-refractivity contribution in [2.75, 3.05) is 20.8 Å². The topological polar surface area (TPSA) is 60.7 Å². The summed E-state index contributed by atoms with van der Waals surface area (Å²) in [6.07, 6.45) is 2.34. The maximum atomic E-state index is 12.3. The molecule has 0 fully saturated rings. The van der Waals surface area contributed by atoms with E-state index in [9.17, 15) is 4.79 Å². The zero-order valence-corrected chi connectivity index (χ0v) is 14.8. The van der Waals surface area contributed by atoms with Gasteiger partial charge in [0.2, 0.25) is 0 Å². The number of methoxy groups -OCH3 is 2. The van der Waals surface area contributed by atoms with Crippen molar-refractivity contribution in [1.29, 1.82) is 0 Å². The van der Waals surface area contributed by atoms with Crippen molar-refractivity contribution in [3.63, 3.8) is 0 Å². The van der Waals surface area contributed by atoms with Gasteiger partial charge in [-0.3, -0.25) is 4.79 Å². The van der Waals surface area contributed by atoms with E-state index in [1.807, 2.05) is 48.5 Å². The monoisotopic (exact) mass is 351 g/mol. The van der Waals surface area contributed by atoms with Crippen LogP contribution in [0.25, 0.3) is 11.1 Å². The van der Waals surface area contributed by atoms with E-state index < -0.39 is 0 Å². The molecule has 1 N–H and O–H groups in total. The van der Waals surface area contributed by atoms with E-state index in [1.165, 1.54) is 5.56 Å². The second-order valence-corrected chi connectivity index (χ2v) is 5.76.